The Labute approximate surface area is 94.6 Å². The normalized spacial score (nSPS) is 11.8. The fourth-order valence-corrected chi connectivity index (χ4v) is 1.48. The predicted octanol–water partition coefficient (Wildman–Crippen LogP) is 1.41. The van der Waals surface area contributed by atoms with Gasteiger partial charge in [-0.15, -0.1) is 0 Å². The van der Waals surface area contributed by atoms with Gasteiger partial charge in [0.1, 0.15) is 11.5 Å². The minimum atomic E-state index is -1.07. The van der Waals surface area contributed by atoms with Crippen LogP contribution >= 0.6 is 0 Å². The summed E-state index contributed by atoms with van der Waals surface area (Å²) in [5, 5.41) is 0. The van der Waals surface area contributed by atoms with E-state index in [1.807, 2.05) is 13.8 Å². The second kappa shape index (κ2) is 5.89. The molecule has 1 rings (SSSR count). The van der Waals surface area contributed by atoms with Gasteiger partial charge in [0.15, 0.2) is 0 Å². The van der Waals surface area contributed by atoms with Crippen molar-refractivity contribution in [3.8, 4) is 0 Å². The highest BCUT2D eigenvalue weighted by Gasteiger charge is 2.33. The molecule has 0 aliphatic rings. The van der Waals surface area contributed by atoms with Crippen molar-refractivity contribution in [1.82, 2.24) is 4.98 Å². The van der Waals surface area contributed by atoms with Gasteiger partial charge < -0.3 is 15.2 Å². The van der Waals surface area contributed by atoms with Gasteiger partial charge in [-0.1, -0.05) is 0 Å². The summed E-state index contributed by atoms with van der Waals surface area (Å²) in [4.78, 5) is 3.95. The first kappa shape index (κ1) is 13.0. The van der Waals surface area contributed by atoms with Crippen LogP contribution < -0.4 is 5.73 Å². The predicted molar refractivity (Wildman–Crippen MR) is 58.2 cm³/mol. The zero-order valence-corrected chi connectivity index (χ0v) is 9.57. The molecule has 90 valence electrons. The summed E-state index contributed by atoms with van der Waals surface area (Å²) < 4.78 is 23.8. The zero-order chi connectivity index (χ0) is 12.0. The van der Waals surface area contributed by atoms with Crippen LogP contribution in [-0.2, 0) is 15.3 Å². The third kappa shape index (κ3) is 2.75. The summed E-state index contributed by atoms with van der Waals surface area (Å²) in [5.74, 6) is -1.47. The zero-order valence-electron chi connectivity index (χ0n) is 9.57. The van der Waals surface area contributed by atoms with Crippen LogP contribution in [0.15, 0.2) is 18.3 Å². The number of halogens is 1. The smallest absolute Gasteiger partial charge is 0.225 e. The maximum atomic E-state index is 12.8. The van der Waals surface area contributed by atoms with Gasteiger partial charge in [0.25, 0.3) is 0 Å². The molecule has 0 radical (unpaired) electrons. The molecule has 2 N–H and O–H groups in total. The largest absolute Gasteiger partial charge is 0.344 e. The number of pyridine rings is 1. The van der Waals surface area contributed by atoms with E-state index >= 15 is 0 Å². The van der Waals surface area contributed by atoms with E-state index in [2.05, 4.69) is 4.98 Å². The molecule has 0 unspecified atom stereocenters. The maximum Gasteiger partial charge on any atom is 0.225 e. The highest BCUT2D eigenvalue weighted by Crippen LogP contribution is 2.24. The lowest BCUT2D eigenvalue weighted by Crippen LogP contribution is -2.41. The standard InChI is InChI=1S/C11H17FN2O2/c1-3-15-11(8-13,16-4-2)10-6-5-9(12)7-14-10/h5-7H,3-4,8,13H2,1-2H3. The highest BCUT2D eigenvalue weighted by atomic mass is 19.1. The van der Waals surface area contributed by atoms with E-state index in [0.717, 1.165) is 6.20 Å². The summed E-state index contributed by atoms with van der Waals surface area (Å²) in [6.45, 7) is 4.69. The first-order valence-corrected chi connectivity index (χ1v) is 5.28. The average Bonchev–Trinajstić information content (AvgIpc) is 2.29. The monoisotopic (exact) mass is 228 g/mol. The quantitative estimate of drug-likeness (QED) is 0.748. The van der Waals surface area contributed by atoms with Crippen LogP contribution in [-0.4, -0.2) is 24.7 Å². The third-order valence-corrected chi connectivity index (χ3v) is 2.14. The van der Waals surface area contributed by atoms with Crippen molar-refractivity contribution in [3.05, 3.63) is 29.8 Å². The van der Waals surface area contributed by atoms with Gasteiger partial charge in [-0.25, -0.2) is 4.39 Å². The second-order valence-corrected chi connectivity index (χ2v) is 3.18. The molecule has 0 atom stereocenters. The van der Waals surface area contributed by atoms with Gasteiger partial charge in [0.2, 0.25) is 5.79 Å². The molecule has 5 heteroatoms. The molecule has 16 heavy (non-hydrogen) atoms. The van der Waals surface area contributed by atoms with Crippen LogP contribution in [0.2, 0.25) is 0 Å². The first-order valence-electron chi connectivity index (χ1n) is 5.28. The molecule has 0 bridgehead atoms. The van der Waals surface area contributed by atoms with Crippen LogP contribution in [0.4, 0.5) is 4.39 Å². The molecule has 1 aromatic heterocycles. The van der Waals surface area contributed by atoms with Crippen molar-refractivity contribution >= 4 is 0 Å². The number of ether oxygens (including phenoxy) is 2. The van der Waals surface area contributed by atoms with Gasteiger partial charge >= 0.3 is 0 Å². The Balaban J connectivity index is 3.02. The van der Waals surface area contributed by atoms with E-state index in [4.69, 9.17) is 15.2 Å². The minimum Gasteiger partial charge on any atom is -0.344 e. The van der Waals surface area contributed by atoms with Crippen molar-refractivity contribution in [3.63, 3.8) is 0 Å². The van der Waals surface area contributed by atoms with Crippen LogP contribution in [0.1, 0.15) is 19.5 Å². The highest BCUT2D eigenvalue weighted by molar-refractivity contribution is 5.12. The minimum absolute atomic E-state index is 0.132. The first-order chi connectivity index (χ1) is 7.68. The molecule has 0 saturated carbocycles. The fourth-order valence-electron chi connectivity index (χ4n) is 1.48. The van der Waals surface area contributed by atoms with Gasteiger partial charge in [0.05, 0.1) is 12.7 Å². The topological polar surface area (TPSA) is 57.4 Å². The molecule has 0 aliphatic heterocycles. The number of aromatic nitrogens is 1. The lowest BCUT2D eigenvalue weighted by atomic mass is 10.1. The lowest BCUT2D eigenvalue weighted by Gasteiger charge is -2.31. The Morgan fingerprint density at radius 3 is 2.31 bits per heavy atom. The molecule has 1 heterocycles. The second-order valence-electron chi connectivity index (χ2n) is 3.18. The summed E-state index contributed by atoms with van der Waals surface area (Å²) in [7, 11) is 0. The van der Waals surface area contributed by atoms with Crippen LogP contribution in [0, 0.1) is 5.82 Å². The summed E-state index contributed by atoms with van der Waals surface area (Å²) >= 11 is 0. The Kier molecular flexibility index (Phi) is 4.79. The maximum absolute atomic E-state index is 12.8. The van der Waals surface area contributed by atoms with E-state index in [1.54, 1.807) is 0 Å². The number of nitrogens with two attached hydrogens (primary N) is 1. The Hall–Kier alpha value is -1.04. The van der Waals surface area contributed by atoms with Gasteiger partial charge in [-0.2, -0.15) is 0 Å². The Morgan fingerprint density at radius 1 is 1.31 bits per heavy atom. The molecule has 4 nitrogen and oxygen atoms in total. The van der Waals surface area contributed by atoms with E-state index in [-0.39, 0.29) is 6.54 Å². The molecule has 0 amide bonds. The SMILES string of the molecule is CCOC(CN)(OCC)c1ccc(F)cn1. The number of rotatable bonds is 6. The molecule has 0 aliphatic carbocycles. The average molecular weight is 228 g/mol. The van der Waals surface area contributed by atoms with E-state index in [9.17, 15) is 4.39 Å². The molecule has 1 aromatic rings. The van der Waals surface area contributed by atoms with Crippen molar-refractivity contribution in [2.75, 3.05) is 19.8 Å². The summed E-state index contributed by atoms with van der Waals surface area (Å²) in [6.07, 6.45) is 1.12. The Morgan fingerprint density at radius 2 is 1.94 bits per heavy atom. The van der Waals surface area contributed by atoms with Crippen LogP contribution in [0.3, 0.4) is 0 Å². The molecular weight excluding hydrogens is 211 g/mol. The van der Waals surface area contributed by atoms with E-state index in [0.29, 0.717) is 18.9 Å². The third-order valence-electron chi connectivity index (χ3n) is 2.14. The van der Waals surface area contributed by atoms with Crippen LogP contribution in [0.25, 0.3) is 0 Å². The molecule has 0 saturated heterocycles. The molecule has 0 aromatic carbocycles. The van der Waals surface area contributed by atoms with Gasteiger partial charge in [0, 0.05) is 13.2 Å². The van der Waals surface area contributed by atoms with Crippen molar-refractivity contribution in [2.24, 2.45) is 5.73 Å². The van der Waals surface area contributed by atoms with E-state index in [1.165, 1.54) is 12.1 Å². The van der Waals surface area contributed by atoms with Gasteiger partial charge in [-0.05, 0) is 26.0 Å². The van der Waals surface area contributed by atoms with Crippen LogP contribution in [0.5, 0.6) is 0 Å². The summed E-state index contributed by atoms with van der Waals surface area (Å²) in [6, 6.07) is 2.83. The lowest BCUT2D eigenvalue weighted by molar-refractivity contribution is -0.237. The number of hydrogen-bond donors (Lipinski definition) is 1. The Bertz CT molecular complexity index is 310. The molecule has 0 spiro atoms. The van der Waals surface area contributed by atoms with E-state index < -0.39 is 11.6 Å². The number of nitrogens with zero attached hydrogens (tertiary/aromatic N) is 1. The molecule has 0 fully saturated rings. The summed E-state index contributed by atoms with van der Waals surface area (Å²) in [5.41, 5.74) is 6.15. The number of hydrogen-bond acceptors (Lipinski definition) is 4. The van der Waals surface area contributed by atoms with Crippen molar-refractivity contribution in [2.45, 2.75) is 19.6 Å². The van der Waals surface area contributed by atoms with Gasteiger partial charge in [-0.3, -0.25) is 4.98 Å². The van der Waals surface area contributed by atoms with Crippen molar-refractivity contribution in [1.29, 1.82) is 0 Å². The fraction of sp³-hybridized carbons (Fsp3) is 0.545. The molecular formula is C11H17FN2O2. The van der Waals surface area contributed by atoms with Crippen molar-refractivity contribution < 1.29 is 13.9 Å².